The van der Waals surface area contributed by atoms with E-state index in [-0.39, 0.29) is 12.0 Å². The van der Waals surface area contributed by atoms with Gasteiger partial charge in [-0.2, -0.15) is 0 Å². The minimum absolute atomic E-state index is 0.0614. The fourth-order valence-electron chi connectivity index (χ4n) is 2.71. The number of hydrogen-bond acceptors (Lipinski definition) is 8. The molecule has 22 heavy (non-hydrogen) atoms. The van der Waals surface area contributed by atoms with Gasteiger partial charge in [-0.3, -0.25) is 4.79 Å². The Bertz CT molecular complexity index is 585. The van der Waals surface area contributed by atoms with Crippen molar-refractivity contribution in [2.45, 2.75) is 22.8 Å². The number of carbonyl (C=O) groups is 2. The lowest BCUT2D eigenvalue weighted by molar-refractivity contribution is -0.131. The summed E-state index contributed by atoms with van der Waals surface area (Å²) < 4.78 is 6.18. The van der Waals surface area contributed by atoms with Gasteiger partial charge in [0.25, 0.3) is 0 Å². The summed E-state index contributed by atoms with van der Waals surface area (Å²) >= 11 is 2.62. The average Bonchev–Trinajstić information content (AvgIpc) is 3.01. The van der Waals surface area contributed by atoms with Crippen LogP contribution in [0.4, 0.5) is 9.93 Å². The molecule has 120 valence electrons. The number of nitrogens with two attached hydrogens (primary N) is 1. The maximum atomic E-state index is 12.2. The maximum Gasteiger partial charge on any atom is 0.410 e. The number of piperidine rings is 1. The summed E-state index contributed by atoms with van der Waals surface area (Å²) in [5, 5.41) is 8.00. The molecule has 0 aromatic carbocycles. The number of likely N-dealkylation sites (tertiary alicyclic amines) is 1. The van der Waals surface area contributed by atoms with Gasteiger partial charge >= 0.3 is 6.09 Å². The molecule has 2 amide bonds. The molecule has 3 rings (SSSR count). The molecule has 0 aliphatic carbocycles. The third-order valence-electron chi connectivity index (χ3n) is 3.91. The summed E-state index contributed by atoms with van der Waals surface area (Å²) in [5.74, 6) is 0.382. The van der Waals surface area contributed by atoms with Gasteiger partial charge in [-0.05, 0) is 0 Å². The fraction of sp³-hybridized carbons (Fsp3) is 0.667. The maximum absolute atomic E-state index is 12.2. The number of aromatic nitrogens is 2. The number of likely N-dealkylation sites (N-methyl/N-ethyl adjacent to an activating group) is 1. The van der Waals surface area contributed by atoms with Gasteiger partial charge in [0.15, 0.2) is 4.34 Å². The number of nitrogens with zero attached hydrogens (tertiary/aromatic N) is 4. The van der Waals surface area contributed by atoms with Crippen molar-refractivity contribution in [2.75, 3.05) is 38.2 Å². The quantitative estimate of drug-likeness (QED) is 0.804. The van der Waals surface area contributed by atoms with Crippen molar-refractivity contribution in [3.8, 4) is 0 Å². The Morgan fingerprint density at radius 1 is 1.45 bits per heavy atom. The molecule has 10 heteroatoms. The second kappa shape index (κ2) is 5.92. The molecule has 2 aliphatic heterocycles. The second-order valence-corrected chi connectivity index (χ2v) is 7.71. The van der Waals surface area contributed by atoms with Crippen molar-refractivity contribution in [1.29, 1.82) is 0 Å². The first-order chi connectivity index (χ1) is 10.5. The van der Waals surface area contributed by atoms with Crippen molar-refractivity contribution < 1.29 is 14.3 Å². The SMILES string of the molecule is CN1CC2(CCN(C(=O)CSc3nnc(N)s3)CC2)OC1=O. The Morgan fingerprint density at radius 3 is 2.73 bits per heavy atom. The van der Waals surface area contributed by atoms with E-state index in [9.17, 15) is 9.59 Å². The average molecular weight is 343 g/mol. The molecule has 8 nitrogen and oxygen atoms in total. The van der Waals surface area contributed by atoms with E-state index in [2.05, 4.69) is 10.2 Å². The molecule has 0 saturated carbocycles. The van der Waals surface area contributed by atoms with Crippen LogP contribution in [0.5, 0.6) is 0 Å². The normalized spacial score (nSPS) is 20.5. The van der Waals surface area contributed by atoms with Crippen LogP contribution in [0.15, 0.2) is 4.34 Å². The topological polar surface area (TPSA) is 102 Å². The number of carbonyl (C=O) groups excluding carboxylic acids is 2. The first-order valence-electron chi connectivity index (χ1n) is 6.91. The summed E-state index contributed by atoms with van der Waals surface area (Å²) in [5.41, 5.74) is 5.09. The summed E-state index contributed by atoms with van der Waals surface area (Å²) in [6.07, 6.45) is 1.10. The third kappa shape index (κ3) is 3.12. The molecule has 2 fully saturated rings. The third-order valence-corrected chi connectivity index (χ3v) is 5.78. The van der Waals surface area contributed by atoms with Gasteiger partial charge in [-0.1, -0.05) is 23.1 Å². The highest BCUT2D eigenvalue weighted by Crippen LogP contribution is 2.33. The number of nitrogen functional groups attached to an aromatic ring is 1. The van der Waals surface area contributed by atoms with Crippen molar-refractivity contribution >= 4 is 40.2 Å². The van der Waals surface area contributed by atoms with Gasteiger partial charge in [-0.15, -0.1) is 10.2 Å². The van der Waals surface area contributed by atoms with Gasteiger partial charge in [0.1, 0.15) is 5.60 Å². The van der Waals surface area contributed by atoms with E-state index < -0.39 is 5.60 Å². The lowest BCUT2D eigenvalue weighted by Crippen LogP contribution is -2.49. The zero-order valence-corrected chi connectivity index (χ0v) is 13.8. The van der Waals surface area contributed by atoms with Gasteiger partial charge in [-0.25, -0.2) is 4.79 Å². The summed E-state index contributed by atoms with van der Waals surface area (Å²) in [6.45, 7) is 1.82. The molecule has 1 aromatic rings. The second-order valence-electron chi connectivity index (χ2n) is 5.48. The minimum atomic E-state index is -0.413. The van der Waals surface area contributed by atoms with Gasteiger partial charge in [0.2, 0.25) is 11.0 Å². The van der Waals surface area contributed by atoms with E-state index in [0.717, 1.165) is 0 Å². The van der Waals surface area contributed by atoms with Crippen LogP contribution in [0.3, 0.4) is 0 Å². The van der Waals surface area contributed by atoms with E-state index in [1.165, 1.54) is 23.1 Å². The molecule has 0 unspecified atom stereocenters. The van der Waals surface area contributed by atoms with Crippen LogP contribution in [0.1, 0.15) is 12.8 Å². The lowest BCUT2D eigenvalue weighted by atomic mass is 9.91. The zero-order valence-electron chi connectivity index (χ0n) is 12.2. The number of amides is 2. The number of anilines is 1. The molecule has 0 radical (unpaired) electrons. The monoisotopic (exact) mass is 343 g/mol. The molecule has 2 aliphatic rings. The minimum Gasteiger partial charge on any atom is -0.441 e. The smallest absolute Gasteiger partial charge is 0.410 e. The molecule has 0 atom stereocenters. The van der Waals surface area contributed by atoms with Crippen molar-refractivity contribution in [1.82, 2.24) is 20.0 Å². The summed E-state index contributed by atoms with van der Waals surface area (Å²) in [6, 6.07) is 0. The lowest BCUT2D eigenvalue weighted by Gasteiger charge is -2.37. The van der Waals surface area contributed by atoms with E-state index in [1.807, 2.05) is 4.90 Å². The Morgan fingerprint density at radius 2 is 2.18 bits per heavy atom. The van der Waals surface area contributed by atoms with Crippen molar-refractivity contribution in [2.24, 2.45) is 0 Å². The predicted molar refractivity (Wildman–Crippen MR) is 82.7 cm³/mol. The van der Waals surface area contributed by atoms with E-state index in [4.69, 9.17) is 10.5 Å². The van der Waals surface area contributed by atoms with E-state index in [0.29, 0.717) is 47.7 Å². The van der Waals surface area contributed by atoms with Crippen LogP contribution in [0, 0.1) is 0 Å². The molecule has 2 saturated heterocycles. The fourth-order valence-corrected chi connectivity index (χ4v) is 4.25. The standard InChI is InChI=1S/C12H17N5O3S2/c1-16-7-12(20-11(16)19)2-4-17(5-3-12)8(18)6-21-10-15-14-9(13)22-10/h2-7H2,1H3,(H2,13,14). The molecule has 2 N–H and O–H groups in total. The molecular formula is C12H17N5O3S2. The molecule has 0 bridgehead atoms. The number of ether oxygens (including phenoxy) is 1. The van der Waals surface area contributed by atoms with E-state index >= 15 is 0 Å². The number of thioether (sulfide) groups is 1. The largest absolute Gasteiger partial charge is 0.441 e. The summed E-state index contributed by atoms with van der Waals surface area (Å²) in [7, 11) is 1.74. The number of rotatable bonds is 3. The Hall–Kier alpha value is -1.55. The zero-order chi connectivity index (χ0) is 15.7. The van der Waals surface area contributed by atoms with Crippen LogP contribution >= 0.6 is 23.1 Å². The summed E-state index contributed by atoms with van der Waals surface area (Å²) in [4.78, 5) is 27.1. The Labute approximate surface area is 136 Å². The van der Waals surface area contributed by atoms with Crippen LogP contribution in [-0.4, -0.2) is 70.0 Å². The highest BCUT2D eigenvalue weighted by atomic mass is 32.2. The van der Waals surface area contributed by atoms with Gasteiger partial charge in [0.05, 0.1) is 12.3 Å². The first-order valence-corrected chi connectivity index (χ1v) is 8.71. The molecule has 1 aromatic heterocycles. The molecule has 3 heterocycles. The highest BCUT2D eigenvalue weighted by Gasteiger charge is 2.46. The highest BCUT2D eigenvalue weighted by molar-refractivity contribution is 8.01. The van der Waals surface area contributed by atoms with Crippen LogP contribution < -0.4 is 5.73 Å². The van der Waals surface area contributed by atoms with Gasteiger partial charge in [0, 0.05) is 33.0 Å². The Balaban J connectivity index is 1.49. The molecular weight excluding hydrogens is 326 g/mol. The molecule has 1 spiro atoms. The van der Waals surface area contributed by atoms with Crippen LogP contribution in [-0.2, 0) is 9.53 Å². The van der Waals surface area contributed by atoms with Crippen molar-refractivity contribution in [3.63, 3.8) is 0 Å². The predicted octanol–water partition coefficient (Wildman–Crippen LogP) is 0.656. The van der Waals surface area contributed by atoms with Crippen LogP contribution in [0.25, 0.3) is 0 Å². The first kappa shape index (κ1) is 15.3. The Kier molecular flexibility index (Phi) is 4.13. The number of hydrogen-bond donors (Lipinski definition) is 1. The van der Waals surface area contributed by atoms with Crippen molar-refractivity contribution in [3.05, 3.63) is 0 Å². The van der Waals surface area contributed by atoms with Crippen LogP contribution in [0.2, 0.25) is 0 Å². The van der Waals surface area contributed by atoms with Gasteiger partial charge < -0.3 is 20.3 Å². The van der Waals surface area contributed by atoms with E-state index in [1.54, 1.807) is 11.9 Å².